The molecule has 0 saturated carbocycles. The highest BCUT2D eigenvalue weighted by molar-refractivity contribution is 9.10. The molecule has 4 nitrogen and oxygen atoms in total. The Hall–Kier alpha value is -1.92. The first-order valence-electron chi connectivity index (χ1n) is 9.54. The zero-order valence-electron chi connectivity index (χ0n) is 16.1. The molecule has 0 radical (unpaired) electrons. The minimum atomic E-state index is -0.332. The zero-order chi connectivity index (χ0) is 20.1. The van der Waals surface area contributed by atoms with Gasteiger partial charge in [-0.15, -0.1) is 11.3 Å². The van der Waals surface area contributed by atoms with Gasteiger partial charge in [-0.1, -0.05) is 41.9 Å². The molecule has 1 heterocycles. The maximum absolute atomic E-state index is 12.6. The lowest BCUT2D eigenvalue weighted by Crippen LogP contribution is -2.16. The molecule has 2 aromatic rings. The molecular formula is C22H24BrNO3S. The molecule has 0 fully saturated rings. The standard InChI is InChI=1S/C22H24BrNO3S/c1-3-12-27-22(26)20-17-10-4-14(2)13-18(17)28-21(20)24-19(25)11-7-15-5-8-16(23)9-6-15/h5-9,11,14H,3-4,10,12-13H2,1-2H3,(H,24,25). The van der Waals surface area contributed by atoms with E-state index < -0.39 is 0 Å². The molecular weight excluding hydrogens is 438 g/mol. The summed E-state index contributed by atoms with van der Waals surface area (Å²) in [4.78, 5) is 26.3. The number of carbonyl (C=O) groups excluding carboxylic acids is 2. The number of rotatable bonds is 6. The van der Waals surface area contributed by atoms with Gasteiger partial charge >= 0.3 is 5.97 Å². The second-order valence-corrected chi connectivity index (χ2v) is 9.09. The molecule has 1 aliphatic carbocycles. The topological polar surface area (TPSA) is 55.4 Å². The van der Waals surface area contributed by atoms with Gasteiger partial charge in [0.1, 0.15) is 5.00 Å². The van der Waals surface area contributed by atoms with Crippen LogP contribution in [0.25, 0.3) is 6.08 Å². The summed E-state index contributed by atoms with van der Waals surface area (Å²) in [7, 11) is 0. The maximum Gasteiger partial charge on any atom is 0.341 e. The highest BCUT2D eigenvalue weighted by Crippen LogP contribution is 2.40. The van der Waals surface area contributed by atoms with Crippen LogP contribution >= 0.6 is 27.3 Å². The number of hydrogen-bond donors (Lipinski definition) is 1. The number of benzene rings is 1. The van der Waals surface area contributed by atoms with Crippen molar-refractivity contribution in [1.82, 2.24) is 0 Å². The molecule has 28 heavy (non-hydrogen) atoms. The van der Waals surface area contributed by atoms with Gasteiger partial charge in [0.2, 0.25) is 5.91 Å². The van der Waals surface area contributed by atoms with Crippen molar-refractivity contribution in [1.29, 1.82) is 0 Å². The summed E-state index contributed by atoms with van der Waals surface area (Å²) >= 11 is 4.90. The van der Waals surface area contributed by atoms with E-state index in [0.29, 0.717) is 23.1 Å². The van der Waals surface area contributed by atoms with E-state index >= 15 is 0 Å². The molecule has 3 rings (SSSR count). The van der Waals surface area contributed by atoms with E-state index in [9.17, 15) is 9.59 Å². The van der Waals surface area contributed by atoms with Crippen molar-refractivity contribution in [3.63, 3.8) is 0 Å². The van der Waals surface area contributed by atoms with E-state index in [1.807, 2.05) is 31.2 Å². The predicted octanol–water partition coefficient (Wildman–Crippen LogP) is 5.85. The van der Waals surface area contributed by atoms with Crippen LogP contribution in [0.4, 0.5) is 5.00 Å². The third-order valence-corrected chi connectivity index (χ3v) is 6.39. The SMILES string of the molecule is CCCOC(=O)c1c(NC(=O)C=Cc2ccc(Br)cc2)sc2c1CCC(C)C2. The fourth-order valence-electron chi connectivity index (χ4n) is 3.22. The summed E-state index contributed by atoms with van der Waals surface area (Å²) in [6.45, 7) is 4.57. The number of fused-ring (bicyclic) bond motifs is 1. The van der Waals surface area contributed by atoms with Crippen molar-refractivity contribution in [2.45, 2.75) is 39.5 Å². The predicted molar refractivity (Wildman–Crippen MR) is 118 cm³/mol. The Morgan fingerprint density at radius 2 is 2.07 bits per heavy atom. The van der Waals surface area contributed by atoms with Crippen LogP contribution in [-0.4, -0.2) is 18.5 Å². The third-order valence-electron chi connectivity index (χ3n) is 4.69. The van der Waals surface area contributed by atoms with Gasteiger partial charge in [0.15, 0.2) is 0 Å². The first kappa shape index (κ1) is 20.8. The fraction of sp³-hybridized carbons (Fsp3) is 0.364. The summed E-state index contributed by atoms with van der Waals surface area (Å²) in [5.74, 6) is 0.00621. The monoisotopic (exact) mass is 461 g/mol. The molecule has 1 unspecified atom stereocenters. The zero-order valence-corrected chi connectivity index (χ0v) is 18.5. The van der Waals surface area contributed by atoms with E-state index in [0.717, 1.165) is 41.3 Å². The number of esters is 1. The summed E-state index contributed by atoms with van der Waals surface area (Å²) in [5.41, 5.74) is 2.53. The van der Waals surface area contributed by atoms with Crippen molar-refractivity contribution in [2.24, 2.45) is 5.92 Å². The number of thiophene rings is 1. The molecule has 148 valence electrons. The third kappa shape index (κ3) is 5.11. The van der Waals surface area contributed by atoms with Crippen molar-refractivity contribution >= 4 is 50.2 Å². The number of hydrogen-bond acceptors (Lipinski definition) is 4. The maximum atomic E-state index is 12.6. The van der Waals surface area contributed by atoms with Crippen LogP contribution in [-0.2, 0) is 22.4 Å². The van der Waals surface area contributed by atoms with E-state index in [1.54, 1.807) is 6.08 Å². The van der Waals surface area contributed by atoms with Crippen LogP contribution < -0.4 is 5.32 Å². The fourth-order valence-corrected chi connectivity index (χ4v) is 4.89. The van der Waals surface area contributed by atoms with Crippen molar-refractivity contribution < 1.29 is 14.3 Å². The van der Waals surface area contributed by atoms with Gasteiger partial charge in [-0.25, -0.2) is 4.79 Å². The lowest BCUT2D eigenvalue weighted by molar-refractivity contribution is -0.111. The largest absolute Gasteiger partial charge is 0.462 e. The Morgan fingerprint density at radius 1 is 1.32 bits per heavy atom. The molecule has 0 bridgehead atoms. The first-order chi connectivity index (χ1) is 13.5. The molecule has 1 N–H and O–H groups in total. The van der Waals surface area contributed by atoms with Gasteiger partial charge < -0.3 is 10.1 Å². The second kappa shape index (κ2) is 9.52. The van der Waals surface area contributed by atoms with Crippen LogP contribution in [0, 0.1) is 5.92 Å². The number of halogens is 1. The Morgan fingerprint density at radius 3 is 2.79 bits per heavy atom. The number of ether oxygens (including phenoxy) is 1. The average molecular weight is 462 g/mol. The Bertz CT molecular complexity index is 886. The average Bonchev–Trinajstić information content (AvgIpc) is 3.02. The number of amides is 1. The van der Waals surface area contributed by atoms with Gasteiger partial charge in [0.05, 0.1) is 12.2 Å². The van der Waals surface area contributed by atoms with Gasteiger partial charge in [-0.05, 0) is 60.9 Å². The van der Waals surface area contributed by atoms with Crippen LogP contribution in [0.5, 0.6) is 0 Å². The lowest BCUT2D eigenvalue weighted by Gasteiger charge is -2.18. The summed E-state index contributed by atoms with van der Waals surface area (Å²) < 4.78 is 6.37. The normalized spacial score (nSPS) is 16.0. The molecule has 1 atom stereocenters. The van der Waals surface area contributed by atoms with Crippen LogP contribution in [0.2, 0.25) is 0 Å². The highest BCUT2D eigenvalue weighted by Gasteiger charge is 2.28. The van der Waals surface area contributed by atoms with Crippen LogP contribution in [0.1, 0.15) is 53.1 Å². The Labute approximate surface area is 178 Å². The highest BCUT2D eigenvalue weighted by atomic mass is 79.9. The van der Waals surface area contributed by atoms with Crippen molar-refractivity contribution in [2.75, 3.05) is 11.9 Å². The molecule has 1 aliphatic rings. The van der Waals surface area contributed by atoms with Gasteiger partial charge in [-0.3, -0.25) is 4.79 Å². The van der Waals surface area contributed by atoms with Gasteiger partial charge in [-0.2, -0.15) is 0 Å². The minimum Gasteiger partial charge on any atom is -0.462 e. The second-order valence-electron chi connectivity index (χ2n) is 7.07. The van der Waals surface area contributed by atoms with Crippen molar-refractivity contribution in [3.05, 3.63) is 56.4 Å². The first-order valence-corrected chi connectivity index (χ1v) is 11.1. The number of carbonyl (C=O) groups is 2. The molecule has 0 spiro atoms. The molecule has 6 heteroatoms. The minimum absolute atomic E-state index is 0.251. The molecule has 1 aromatic heterocycles. The van der Waals surface area contributed by atoms with E-state index in [1.165, 1.54) is 22.3 Å². The van der Waals surface area contributed by atoms with E-state index in [2.05, 4.69) is 28.2 Å². The van der Waals surface area contributed by atoms with E-state index in [4.69, 9.17) is 4.74 Å². The van der Waals surface area contributed by atoms with Crippen LogP contribution in [0.3, 0.4) is 0 Å². The summed E-state index contributed by atoms with van der Waals surface area (Å²) in [5, 5.41) is 3.51. The smallest absolute Gasteiger partial charge is 0.341 e. The molecule has 1 aromatic carbocycles. The quantitative estimate of drug-likeness (QED) is 0.433. The van der Waals surface area contributed by atoms with Crippen LogP contribution in [0.15, 0.2) is 34.8 Å². The van der Waals surface area contributed by atoms with Crippen molar-refractivity contribution in [3.8, 4) is 0 Å². The summed E-state index contributed by atoms with van der Waals surface area (Å²) in [6.07, 6.45) is 6.87. The van der Waals surface area contributed by atoms with E-state index in [-0.39, 0.29) is 11.9 Å². The molecule has 1 amide bonds. The van der Waals surface area contributed by atoms with Gasteiger partial charge in [0, 0.05) is 15.4 Å². The molecule has 0 saturated heterocycles. The lowest BCUT2D eigenvalue weighted by atomic mass is 9.88. The number of anilines is 1. The Balaban J connectivity index is 1.80. The summed E-state index contributed by atoms with van der Waals surface area (Å²) in [6, 6.07) is 7.70. The number of nitrogens with one attached hydrogen (secondary N) is 1. The Kier molecular flexibility index (Phi) is 7.08. The molecule has 0 aliphatic heterocycles. The van der Waals surface area contributed by atoms with Gasteiger partial charge in [0.25, 0.3) is 0 Å².